The number of amides is 2. The van der Waals surface area contributed by atoms with Crippen molar-refractivity contribution in [3.63, 3.8) is 0 Å². The maximum absolute atomic E-state index is 15.3. The number of hydrogen-bond donors (Lipinski definition) is 2. The summed E-state index contributed by atoms with van der Waals surface area (Å²) in [6.07, 6.45) is 2.90. The van der Waals surface area contributed by atoms with Gasteiger partial charge in [0, 0.05) is 30.4 Å². The van der Waals surface area contributed by atoms with Gasteiger partial charge in [-0.25, -0.2) is 9.78 Å². The van der Waals surface area contributed by atoms with E-state index in [1.165, 1.54) is 19.2 Å². The Bertz CT molecular complexity index is 1660. The van der Waals surface area contributed by atoms with Gasteiger partial charge in [-0.3, -0.25) is 14.4 Å². The predicted molar refractivity (Wildman–Crippen MR) is 181 cm³/mol. The van der Waals surface area contributed by atoms with E-state index in [2.05, 4.69) is 15.3 Å². The van der Waals surface area contributed by atoms with Gasteiger partial charge in [-0.15, -0.1) is 0 Å². The molecule has 4 fully saturated rings. The molecular formula is C37H50F2N4O7. The second-order valence-corrected chi connectivity index (χ2v) is 15.5. The number of likely N-dealkylation sites (tertiary alicyclic amines) is 1. The number of nitrogens with one attached hydrogen (secondary N) is 2. The van der Waals surface area contributed by atoms with E-state index in [1.54, 1.807) is 11.0 Å². The molecule has 11 nitrogen and oxygen atoms in total. The number of nitrogens with zero attached hydrogens (tertiary/aromatic N) is 2. The second-order valence-electron chi connectivity index (χ2n) is 15.5. The van der Waals surface area contributed by atoms with Crippen molar-refractivity contribution in [1.82, 2.24) is 20.2 Å². The Morgan fingerprint density at radius 2 is 1.96 bits per heavy atom. The standard InChI is InChI=1S/C37H50F2N4O7/c1-6-21-12-14-43(29(21)30(44)20(2)3)34(46)32(36(4)18-49-19-36)42-35(47)50-28-16-22-15-25(22)24(28)9-7-8-13-37(38,39)31-33(45)41-27-17-23(48-5)10-11-26(27)40-31/h10-11,17,20-22,24-25,28-29,32H,6-9,12-16,18-19H2,1-5H3,(H,41,45)(H,42,47). The summed E-state index contributed by atoms with van der Waals surface area (Å²) in [5.41, 5.74) is -1.79. The third-order valence-electron chi connectivity index (χ3n) is 11.6. The van der Waals surface area contributed by atoms with Crippen LogP contribution in [-0.2, 0) is 25.0 Å². The number of carbonyl (C=O) groups is 3. The van der Waals surface area contributed by atoms with E-state index in [-0.39, 0.29) is 47.5 Å². The predicted octanol–water partition coefficient (Wildman–Crippen LogP) is 5.59. The van der Waals surface area contributed by atoms with Crippen LogP contribution in [-0.4, -0.2) is 77.7 Å². The van der Waals surface area contributed by atoms with Gasteiger partial charge in [0.1, 0.15) is 17.9 Å². The van der Waals surface area contributed by atoms with Crippen LogP contribution in [0.25, 0.3) is 11.0 Å². The van der Waals surface area contributed by atoms with Gasteiger partial charge < -0.3 is 29.4 Å². The van der Waals surface area contributed by atoms with E-state index in [0.29, 0.717) is 62.1 Å². The lowest BCUT2D eigenvalue weighted by molar-refractivity contribution is -0.158. The van der Waals surface area contributed by atoms with Crippen LogP contribution in [0.3, 0.4) is 0 Å². The molecule has 2 amide bonds. The van der Waals surface area contributed by atoms with Crippen molar-refractivity contribution in [1.29, 1.82) is 0 Å². The fraction of sp³-hybridized carbons (Fsp3) is 0.703. The molecule has 2 aliphatic carbocycles. The van der Waals surface area contributed by atoms with E-state index < -0.39 is 47.2 Å². The number of H-pyrrole nitrogens is 1. The number of halogens is 2. The zero-order valence-electron chi connectivity index (χ0n) is 29.6. The topological polar surface area (TPSA) is 140 Å². The summed E-state index contributed by atoms with van der Waals surface area (Å²) in [6.45, 7) is 8.68. The molecule has 4 aliphatic rings. The van der Waals surface area contributed by atoms with Crippen molar-refractivity contribution >= 4 is 28.8 Å². The first-order chi connectivity index (χ1) is 23.8. The lowest BCUT2D eigenvalue weighted by atomic mass is 9.79. The number of aromatic nitrogens is 2. The van der Waals surface area contributed by atoms with Crippen molar-refractivity contribution in [3.05, 3.63) is 34.2 Å². The zero-order valence-corrected chi connectivity index (χ0v) is 29.6. The number of Topliss-reactive ketones (excluding diaryl/α,β-unsaturated/α-hetero) is 1. The molecule has 2 aromatic rings. The number of hydrogen-bond acceptors (Lipinski definition) is 8. The molecule has 7 unspecified atom stereocenters. The van der Waals surface area contributed by atoms with E-state index >= 15 is 8.78 Å². The van der Waals surface area contributed by atoms with Gasteiger partial charge in [0.15, 0.2) is 11.5 Å². The molecule has 7 atom stereocenters. The molecule has 1 aromatic heterocycles. The van der Waals surface area contributed by atoms with E-state index in [4.69, 9.17) is 14.2 Å². The quantitative estimate of drug-likeness (QED) is 0.243. The van der Waals surface area contributed by atoms with E-state index in [9.17, 15) is 19.2 Å². The molecule has 0 radical (unpaired) electrons. The molecule has 13 heteroatoms. The zero-order chi connectivity index (χ0) is 36.0. The van der Waals surface area contributed by atoms with Crippen LogP contribution < -0.4 is 15.6 Å². The highest BCUT2D eigenvalue weighted by Gasteiger charge is 2.55. The largest absolute Gasteiger partial charge is 0.497 e. The van der Waals surface area contributed by atoms with Crippen molar-refractivity contribution in [2.75, 3.05) is 26.9 Å². The minimum atomic E-state index is -3.41. The number of methoxy groups -OCH3 is 1. The SMILES string of the molecule is CCC1CCN(C(=O)C(NC(=O)OC2CC3CC3C2CCCCC(F)(F)c2nc3ccc(OC)cc3[nH]c2=O)C2(C)COC2)C1C(=O)C(C)C. The maximum Gasteiger partial charge on any atom is 0.408 e. The Balaban J connectivity index is 1.06. The molecular weight excluding hydrogens is 650 g/mol. The number of carbonyl (C=O) groups excluding carboxylic acids is 3. The Kier molecular flexibility index (Phi) is 10.3. The summed E-state index contributed by atoms with van der Waals surface area (Å²) in [5, 5.41) is 2.88. The fourth-order valence-corrected chi connectivity index (χ4v) is 8.47. The van der Waals surface area contributed by atoms with Crippen molar-refractivity contribution in [3.8, 4) is 5.75 Å². The molecule has 6 rings (SSSR count). The van der Waals surface area contributed by atoms with Crippen LogP contribution in [0.1, 0.15) is 84.8 Å². The van der Waals surface area contributed by atoms with Crippen LogP contribution in [0.15, 0.2) is 23.0 Å². The molecule has 2 saturated heterocycles. The Morgan fingerprint density at radius 3 is 2.62 bits per heavy atom. The van der Waals surface area contributed by atoms with Crippen LogP contribution in [0, 0.1) is 35.0 Å². The Morgan fingerprint density at radius 1 is 1.20 bits per heavy atom. The average molecular weight is 701 g/mol. The molecule has 3 heterocycles. The van der Waals surface area contributed by atoms with Gasteiger partial charge in [-0.05, 0) is 67.9 Å². The highest BCUT2D eigenvalue weighted by atomic mass is 19.3. The molecule has 2 N–H and O–H groups in total. The monoisotopic (exact) mass is 700 g/mol. The lowest BCUT2D eigenvalue weighted by Crippen LogP contribution is -2.64. The summed E-state index contributed by atoms with van der Waals surface area (Å²) < 4.78 is 47.1. The number of alkyl carbamates (subject to hydrolysis) is 1. The molecule has 274 valence electrons. The number of ether oxygens (including phenoxy) is 3. The minimum absolute atomic E-state index is 0.0327. The fourth-order valence-electron chi connectivity index (χ4n) is 8.47. The number of rotatable bonds is 14. The Labute approximate surface area is 291 Å². The van der Waals surface area contributed by atoms with Gasteiger partial charge >= 0.3 is 6.09 Å². The van der Waals surface area contributed by atoms with E-state index in [0.717, 1.165) is 19.3 Å². The molecule has 0 bridgehead atoms. The summed E-state index contributed by atoms with van der Waals surface area (Å²) in [4.78, 5) is 61.5. The van der Waals surface area contributed by atoms with E-state index in [1.807, 2.05) is 27.7 Å². The first-order valence-corrected chi connectivity index (χ1v) is 18.1. The van der Waals surface area contributed by atoms with Crippen LogP contribution >= 0.6 is 0 Å². The normalized spacial score (nSPS) is 27.5. The molecule has 2 saturated carbocycles. The third-order valence-corrected chi connectivity index (χ3v) is 11.6. The number of benzene rings is 1. The lowest BCUT2D eigenvalue weighted by Gasteiger charge is -2.45. The maximum atomic E-state index is 15.3. The third kappa shape index (κ3) is 7.11. The first kappa shape index (κ1) is 36.2. The smallest absolute Gasteiger partial charge is 0.408 e. The summed E-state index contributed by atoms with van der Waals surface area (Å²) in [5.74, 6) is -2.48. The minimum Gasteiger partial charge on any atom is -0.497 e. The molecule has 50 heavy (non-hydrogen) atoms. The Hall–Kier alpha value is -3.61. The number of fused-ring (bicyclic) bond motifs is 2. The molecule has 2 aliphatic heterocycles. The summed E-state index contributed by atoms with van der Waals surface area (Å²) in [6, 6.07) is 3.24. The number of ketones is 1. The molecule has 1 aromatic carbocycles. The van der Waals surface area contributed by atoms with Gasteiger partial charge in [-0.2, -0.15) is 8.78 Å². The van der Waals surface area contributed by atoms with Crippen LogP contribution in [0.4, 0.5) is 13.6 Å². The van der Waals surface area contributed by atoms with Crippen molar-refractivity contribution in [2.45, 2.75) is 103 Å². The highest BCUT2D eigenvalue weighted by molar-refractivity contribution is 5.94. The molecule has 0 spiro atoms. The number of aromatic amines is 1. The van der Waals surface area contributed by atoms with Crippen LogP contribution in [0.5, 0.6) is 5.75 Å². The summed E-state index contributed by atoms with van der Waals surface area (Å²) >= 11 is 0. The van der Waals surface area contributed by atoms with Crippen molar-refractivity contribution in [2.24, 2.45) is 35.0 Å². The summed E-state index contributed by atoms with van der Waals surface area (Å²) in [7, 11) is 1.47. The second kappa shape index (κ2) is 14.2. The van der Waals surface area contributed by atoms with Crippen molar-refractivity contribution < 1.29 is 37.4 Å². The van der Waals surface area contributed by atoms with Crippen LogP contribution in [0.2, 0.25) is 0 Å². The van der Waals surface area contributed by atoms with Gasteiger partial charge in [0.05, 0.1) is 37.4 Å². The van der Waals surface area contributed by atoms with Gasteiger partial charge in [0.2, 0.25) is 5.91 Å². The average Bonchev–Trinajstić information content (AvgIpc) is 3.55. The highest BCUT2D eigenvalue weighted by Crippen LogP contribution is 2.58. The first-order valence-electron chi connectivity index (χ1n) is 18.1. The van der Waals surface area contributed by atoms with Gasteiger partial charge in [-0.1, -0.05) is 40.5 Å². The van der Waals surface area contributed by atoms with Gasteiger partial charge in [0.25, 0.3) is 11.5 Å². The number of unbranched alkanes of at least 4 members (excludes halogenated alkanes) is 1. The number of alkyl halides is 2.